The van der Waals surface area contributed by atoms with Crippen LogP contribution < -0.4 is 10.6 Å². The highest BCUT2D eigenvalue weighted by Gasteiger charge is 2.29. The van der Waals surface area contributed by atoms with E-state index in [4.69, 9.17) is 0 Å². The summed E-state index contributed by atoms with van der Waals surface area (Å²) in [5.41, 5.74) is 2.13. The molecule has 9 heteroatoms. The van der Waals surface area contributed by atoms with Crippen LogP contribution in [0.15, 0.2) is 72.2 Å². The third-order valence-electron chi connectivity index (χ3n) is 4.19. The molecule has 29 heavy (non-hydrogen) atoms. The zero-order chi connectivity index (χ0) is 20.0. The maximum Gasteiger partial charge on any atom is 0.416 e. The zero-order valence-electron chi connectivity index (χ0n) is 15.6. The van der Waals surface area contributed by atoms with Gasteiger partial charge < -0.3 is 15.2 Å². The summed E-state index contributed by atoms with van der Waals surface area (Å²) in [6.45, 7) is 0.891. The Morgan fingerprint density at radius 2 is 1.72 bits per heavy atom. The van der Waals surface area contributed by atoms with Crippen molar-refractivity contribution in [1.82, 2.24) is 20.2 Å². The Balaban J connectivity index is 0.00000300. The number of halogens is 4. The molecule has 5 nitrogen and oxygen atoms in total. The fourth-order valence-electron chi connectivity index (χ4n) is 2.71. The Morgan fingerprint density at radius 3 is 2.34 bits per heavy atom. The van der Waals surface area contributed by atoms with E-state index in [1.54, 1.807) is 19.6 Å². The van der Waals surface area contributed by atoms with Crippen LogP contribution in [0.4, 0.5) is 13.2 Å². The predicted octanol–water partition coefficient (Wildman–Crippen LogP) is 4.37. The molecule has 2 aromatic carbocycles. The summed E-state index contributed by atoms with van der Waals surface area (Å²) in [5.74, 6) is 0.556. The minimum absolute atomic E-state index is 0. The van der Waals surface area contributed by atoms with Crippen LogP contribution in [-0.4, -0.2) is 22.6 Å². The van der Waals surface area contributed by atoms with Gasteiger partial charge in [0.15, 0.2) is 5.96 Å². The third-order valence-corrected chi connectivity index (χ3v) is 4.19. The molecule has 154 valence electrons. The molecule has 1 aromatic heterocycles. The summed E-state index contributed by atoms with van der Waals surface area (Å²) >= 11 is 0. The molecular formula is C20H21F3IN5. The monoisotopic (exact) mass is 515 g/mol. The Labute approximate surface area is 184 Å². The van der Waals surface area contributed by atoms with Gasteiger partial charge in [-0.15, -0.1) is 24.0 Å². The smallest absolute Gasteiger partial charge is 0.352 e. The fourth-order valence-corrected chi connectivity index (χ4v) is 2.71. The van der Waals surface area contributed by atoms with Crippen LogP contribution in [-0.2, 0) is 19.3 Å². The summed E-state index contributed by atoms with van der Waals surface area (Å²) in [6, 6.07) is 13.0. The molecule has 0 unspecified atom stereocenters. The Hall–Kier alpha value is -2.56. The number of alkyl halides is 3. The van der Waals surface area contributed by atoms with Gasteiger partial charge >= 0.3 is 6.18 Å². The highest BCUT2D eigenvalue weighted by Crippen LogP contribution is 2.29. The van der Waals surface area contributed by atoms with E-state index in [9.17, 15) is 13.2 Å². The molecule has 0 aliphatic carbocycles. The van der Waals surface area contributed by atoms with Crippen LogP contribution in [0.1, 0.15) is 16.7 Å². The van der Waals surface area contributed by atoms with Crippen molar-refractivity contribution in [3.05, 3.63) is 83.9 Å². The number of hydrogen-bond donors (Lipinski definition) is 2. The molecular weight excluding hydrogens is 494 g/mol. The lowest BCUT2D eigenvalue weighted by atomic mass is 10.1. The van der Waals surface area contributed by atoms with E-state index < -0.39 is 11.7 Å². The second-order valence-electron chi connectivity index (χ2n) is 6.07. The largest absolute Gasteiger partial charge is 0.416 e. The van der Waals surface area contributed by atoms with E-state index in [-0.39, 0.29) is 24.0 Å². The second kappa shape index (κ2) is 10.3. The van der Waals surface area contributed by atoms with Crippen molar-refractivity contribution in [3.63, 3.8) is 0 Å². The minimum atomic E-state index is -4.33. The molecule has 0 fully saturated rings. The van der Waals surface area contributed by atoms with Crippen molar-refractivity contribution < 1.29 is 13.2 Å². The molecule has 3 aromatic rings. The standard InChI is InChI=1S/C20H20F3N5.HI/c1-24-19(26-12-15-6-8-17(9-7-15)20(21,22)23)27-13-16-4-2-3-5-18(16)28-11-10-25-14-28;/h2-11,14H,12-13H2,1H3,(H2,24,26,27);1H. The molecule has 0 bridgehead atoms. The molecule has 0 amide bonds. The Kier molecular flexibility index (Phi) is 8.06. The predicted molar refractivity (Wildman–Crippen MR) is 117 cm³/mol. The number of nitrogens with zero attached hydrogens (tertiary/aromatic N) is 3. The van der Waals surface area contributed by atoms with Gasteiger partial charge in [0.2, 0.25) is 0 Å². The third kappa shape index (κ3) is 6.21. The molecule has 0 aliphatic heterocycles. The molecule has 0 aliphatic rings. The number of benzene rings is 2. The summed E-state index contributed by atoms with van der Waals surface area (Å²) in [5, 5.41) is 6.33. The molecule has 3 rings (SSSR count). The SMILES string of the molecule is CN=C(NCc1ccc(C(F)(F)F)cc1)NCc1ccccc1-n1ccnc1.I. The Bertz CT molecular complexity index is 922. The van der Waals surface area contributed by atoms with E-state index in [0.717, 1.165) is 28.9 Å². The lowest BCUT2D eigenvalue weighted by Crippen LogP contribution is -2.36. The lowest BCUT2D eigenvalue weighted by molar-refractivity contribution is -0.137. The van der Waals surface area contributed by atoms with Gasteiger partial charge in [-0.3, -0.25) is 4.99 Å². The van der Waals surface area contributed by atoms with Gasteiger partial charge in [0.25, 0.3) is 0 Å². The number of imidazole rings is 1. The average molecular weight is 515 g/mol. The van der Waals surface area contributed by atoms with E-state index in [1.807, 2.05) is 35.0 Å². The maximum atomic E-state index is 12.6. The highest BCUT2D eigenvalue weighted by atomic mass is 127. The number of para-hydroxylation sites is 1. The summed E-state index contributed by atoms with van der Waals surface area (Å²) in [4.78, 5) is 8.23. The maximum absolute atomic E-state index is 12.6. The normalized spacial score (nSPS) is 11.7. The number of aliphatic imine (C=N–C) groups is 1. The number of nitrogens with one attached hydrogen (secondary N) is 2. The van der Waals surface area contributed by atoms with Crippen molar-refractivity contribution in [2.24, 2.45) is 4.99 Å². The first-order chi connectivity index (χ1) is 13.5. The van der Waals surface area contributed by atoms with Crippen LogP contribution in [0.2, 0.25) is 0 Å². The van der Waals surface area contributed by atoms with Gasteiger partial charge in [0.1, 0.15) is 0 Å². The number of rotatable bonds is 5. The molecule has 2 N–H and O–H groups in total. The fraction of sp³-hybridized carbons (Fsp3) is 0.200. The highest BCUT2D eigenvalue weighted by molar-refractivity contribution is 14.0. The van der Waals surface area contributed by atoms with Gasteiger partial charge in [0.05, 0.1) is 17.6 Å². The summed E-state index contributed by atoms with van der Waals surface area (Å²) < 4.78 is 39.8. The average Bonchev–Trinajstić information content (AvgIpc) is 3.23. The van der Waals surface area contributed by atoms with Crippen molar-refractivity contribution in [1.29, 1.82) is 0 Å². The van der Waals surface area contributed by atoms with Gasteiger partial charge in [-0.1, -0.05) is 30.3 Å². The van der Waals surface area contributed by atoms with Crippen molar-refractivity contribution >= 4 is 29.9 Å². The lowest BCUT2D eigenvalue weighted by Gasteiger charge is -2.15. The van der Waals surface area contributed by atoms with Crippen LogP contribution in [0.3, 0.4) is 0 Å². The van der Waals surface area contributed by atoms with E-state index in [2.05, 4.69) is 20.6 Å². The minimum Gasteiger partial charge on any atom is -0.352 e. The van der Waals surface area contributed by atoms with Gasteiger partial charge in [-0.2, -0.15) is 13.2 Å². The second-order valence-corrected chi connectivity index (χ2v) is 6.07. The number of aromatic nitrogens is 2. The molecule has 0 saturated carbocycles. The quantitative estimate of drug-likeness (QED) is 0.302. The van der Waals surface area contributed by atoms with Crippen LogP contribution in [0.25, 0.3) is 5.69 Å². The first-order valence-corrected chi connectivity index (χ1v) is 8.64. The number of hydrogen-bond acceptors (Lipinski definition) is 2. The van der Waals surface area contributed by atoms with E-state index in [1.165, 1.54) is 12.1 Å². The van der Waals surface area contributed by atoms with E-state index in [0.29, 0.717) is 19.0 Å². The van der Waals surface area contributed by atoms with E-state index >= 15 is 0 Å². The molecule has 1 heterocycles. The molecule has 0 saturated heterocycles. The summed E-state index contributed by atoms with van der Waals surface area (Å²) in [7, 11) is 1.64. The molecule has 0 atom stereocenters. The van der Waals surface area contributed by atoms with Crippen LogP contribution in [0.5, 0.6) is 0 Å². The van der Waals surface area contributed by atoms with Crippen LogP contribution in [0, 0.1) is 0 Å². The number of guanidine groups is 1. The van der Waals surface area contributed by atoms with Crippen LogP contribution >= 0.6 is 24.0 Å². The first-order valence-electron chi connectivity index (χ1n) is 8.64. The van der Waals surface area contributed by atoms with Gasteiger partial charge in [-0.05, 0) is 29.3 Å². The molecule has 0 radical (unpaired) electrons. The van der Waals surface area contributed by atoms with Crippen molar-refractivity contribution in [3.8, 4) is 5.69 Å². The molecule has 0 spiro atoms. The van der Waals surface area contributed by atoms with Crippen molar-refractivity contribution in [2.45, 2.75) is 19.3 Å². The zero-order valence-corrected chi connectivity index (χ0v) is 18.0. The summed E-state index contributed by atoms with van der Waals surface area (Å²) in [6.07, 6.45) is 0.994. The van der Waals surface area contributed by atoms with Gasteiger partial charge in [-0.25, -0.2) is 4.98 Å². The van der Waals surface area contributed by atoms with Gasteiger partial charge in [0, 0.05) is 32.5 Å². The van der Waals surface area contributed by atoms with Crippen molar-refractivity contribution in [2.75, 3.05) is 7.05 Å². The topological polar surface area (TPSA) is 54.2 Å². The Morgan fingerprint density at radius 1 is 1.03 bits per heavy atom. The first kappa shape index (κ1) is 22.7.